The van der Waals surface area contributed by atoms with Crippen molar-refractivity contribution in [1.29, 1.82) is 0 Å². The number of rotatable bonds is 10. The average Bonchev–Trinajstić information content (AvgIpc) is 3.46. The first-order chi connectivity index (χ1) is 21.5. The predicted molar refractivity (Wildman–Crippen MR) is 175 cm³/mol. The topological polar surface area (TPSA) is 53.8 Å². The van der Waals surface area contributed by atoms with Gasteiger partial charge < -0.3 is 24.3 Å². The average molecular weight is 597 g/mol. The zero-order chi connectivity index (χ0) is 30.5. The Labute approximate surface area is 261 Å². The monoisotopic (exact) mass is 596 g/mol. The summed E-state index contributed by atoms with van der Waals surface area (Å²) in [5.74, 6) is 2.32. The number of morpholine rings is 1. The molecule has 44 heavy (non-hydrogen) atoms. The summed E-state index contributed by atoms with van der Waals surface area (Å²) in [5.41, 5.74) is 5.72. The second-order valence-corrected chi connectivity index (χ2v) is 12.6. The molecular weight excluding hydrogens is 551 g/mol. The van der Waals surface area contributed by atoms with Crippen molar-refractivity contribution in [3.8, 4) is 0 Å². The summed E-state index contributed by atoms with van der Waals surface area (Å²) in [6.07, 6.45) is 5.02. The van der Waals surface area contributed by atoms with Gasteiger partial charge in [0.05, 0.1) is 13.2 Å². The lowest BCUT2D eigenvalue weighted by Crippen LogP contribution is -2.36. The molecule has 2 fully saturated rings. The minimum atomic E-state index is -0.186. The molecule has 7 heteroatoms. The van der Waals surface area contributed by atoms with Gasteiger partial charge in [0.15, 0.2) is 0 Å². The van der Waals surface area contributed by atoms with Crippen LogP contribution in [0.25, 0.3) is 0 Å². The standard InChI is InChI=1S/C37H45FN4O2/c1-26-9-7-8-12-32(26)39-34(28-13-15-29(16-14-28)35(41(2)3)30-17-19-31(38)20-18-30)36-40-33(25-27-10-5-4-6-11-27)37(44-36)42-21-23-43-24-22-42/h4-12,17-20,28-29,34-35,39H,13-16,21-25H2,1-3H3. The molecule has 0 bridgehead atoms. The van der Waals surface area contributed by atoms with E-state index >= 15 is 0 Å². The van der Waals surface area contributed by atoms with Gasteiger partial charge in [0, 0.05) is 31.2 Å². The van der Waals surface area contributed by atoms with Gasteiger partial charge in [-0.05, 0) is 93.4 Å². The summed E-state index contributed by atoms with van der Waals surface area (Å²) in [6, 6.07) is 26.3. The number of hydrogen-bond acceptors (Lipinski definition) is 6. The van der Waals surface area contributed by atoms with Crippen LogP contribution in [0.4, 0.5) is 16.0 Å². The highest BCUT2D eigenvalue weighted by Crippen LogP contribution is 2.45. The molecule has 3 aromatic carbocycles. The van der Waals surface area contributed by atoms with Crippen molar-refractivity contribution in [3.05, 3.63) is 113 Å². The van der Waals surface area contributed by atoms with Crippen molar-refractivity contribution >= 4 is 11.6 Å². The summed E-state index contributed by atoms with van der Waals surface area (Å²) in [6.45, 7) is 5.13. The zero-order valence-corrected chi connectivity index (χ0v) is 26.2. The lowest BCUT2D eigenvalue weighted by Gasteiger charge is -2.39. The lowest BCUT2D eigenvalue weighted by atomic mass is 9.74. The predicted octanol–water partition coefficient (Wildman–Crippen LogP) is 7.81. The normalized spacial score (nSPS) is 20.4. The van der Waals surface area contributed by atoms with E-state index in [9.17, 15) is 4.39 Å². The van der Waals surface area contributed by atoms with E-state index in [-0.39, 0.29) is 17.9 Å². The highest BCUT2D eigenvalue weighted by molar-refractivity contribution is 5.52. The van der Waals surface area contributed by atoms with E-state index in [0.717, 1.165) is 68.3 Å². The quantitative estimate of drug-likeness (QED) is 0.202. The number of benzene rings is 3. The van der Waals surface area contributed by atoms with Crippen LogP contribution in [0.15, 0.2) is 83.3 Å². The van der Waals surface area contributed by atoms with Gasteiger partial charge in [-0.15, -0.1) is 0 Å². The molecule has 232 valence electrons. The van der Waals surface area contributed by atoms with Crippen molar-refractivity contribution in [1.82, 2.24) is 9.88 Å². The van der Waals surface area contributed by atoms with Crippen LogP contribution in [-0.4, -0.2) is 50.3 Å². The largest absolute Gasteiger partial charge is 0.423 e. The Morgan fingerprint density at radius 1 is 0.886 bits per heavy atom. The van der Waals surface area contributed by atoms with Crippen LogP contribution in [0.2, 0.25) is 0 Å². The number of para-hydroxylation sites is 1. The minimum Gasteiger partial charge on any atom is -0.423 e. The van der Waals surface area contributed by atoms with Crippen LogP contribution in [-0.2, 0) is 11.2 Å². The lowest BCUT2D eigenvalue weighted by molar-refractivity contribution is 0.120. The first-order valence-electron chi connectivity index (χ1n) is 16.1. The van der Waals surface area contributed by atoms with Crippen LogP contribution in [0.5, 0.6) is 0 Å². The molecule has 0 spiro atoms. The fourth-order valence-electron chi connectivity index (χ4n) is 7.14. The Balaban J connectivity index is 1.30. The molecule has 0 radical (unpaired) electrons. The number of oxazole rings is 1. The number of nitrogens with zero attached hydrogens (tertiary/aromatic N) is 3. The van der Waals surface area contributed by atoms with E-state index < -0.39 is 0 Å². The molecule has 1 aromatic heterocycles. The summed E-state index contributed by atoms with van der Waals surface area (Å²) < 4.78 is 26.2. The molecule has 6 nitrogen and oxygen atoms in total. The SMILES string of the molecule is Cc1ccccc1NC(c1nc(Cc2ccccc2)c(N2CCOCC2)o1)C1CCC(C(c2ccc(F)cc2)N(C)C)CC1. The van der Waals surface area contributed by atoms with E-state index in [2.05, 4.69) is 90.7 Å². The molecule has 0 amide bonds. The summed E-state index contributed by atoms with van der Waals surface area (Å²) in [5, 5.41) is 3.89. The van der Waals surface area contributed by atoms with Crippen molar-refractivity contribution < 1.29 is 13.5 Å². The molecular formula is C37H45FN4O2. The van der Waals surface area contributed by atoms with Crippen molar-refractivity contribution in [2.75, 3.05) is 50.6 Å². The maximum Gasteiger partial charge on any atom is 0.220 e. The highest BCUT2D eigenvalue weighted by Gasteiger charge is 2.36. The molecule has 1 N–H and O–H groups in total. The third-order valence-electron chi connectivity index (χ3n) is 9.43. The second-order valence-electron chi connectivity index (χ2n) is 12.6. The van der Waals surface area contributed by atoms with Gasteiger partial charge in [-0.1, -0.05) is 60.7 Å². The first-order valence-corrected chi connectivity index (χ1v) is 16.1. The third kappa shape index (κ3) is 7.00. The molecule has 1 aliphatic heterocycles. The maximum absolute atomic E-state index is 13.7. The summed E-state index contributed by atoms with van der Waals surface area (Å²) in [4.78, 5) is 9.85. The van der Waals surface area contributed by atoms with Crippen LogP contribution in [0.1, 0.15) is 66.0 Å². The van der Waals surface area contributed by atoms with E-state index in [1.54, 1.807) is 12.1 Å². The van der Waals surface area contributed by atoms with E-state index in [4.69, 9.17) is 14.1 Å². The van der Waals surface area contributed by atoms with Crippen LogP contribution < -0.4 is 10.2 Å². The number of ether oxygens (including phenoxy) is 1. The molecule has 2 aliphatic rings. The van der Waals surface area contributed by atoms with Gasteiger partial charge in [-0.3, -0.25) is 0 Å². The molecule has 1 saturated carbocycles. The number of hydrogen-bond donors (Lipinski definition) is 1. The Bertz CT molecular complexity index is 1480. The highest BCUT2D eigenvalue weighted by atomic mass is 19.1. The zero-order valence-electron chi connectivity index (χ0n) is 26.2. The van der Waals surface area contributed by atoms with E-state index in [1.807, 2.05) is 12.1 Å². The number of anilines is 2. The van der Waals surface area contributed by atoms with Gasteiger partial charge in [0.1, 0.15) is 17.6 Å². The summed E-state index contributed by atoms with van der Waals surface area (Å²) in [7, 11) is 4.27. The minimum absolute atomic E-state index is 0.0509. The smallest absolute Gasteiger partial charge is 0.220 e. The van der Waals surface area contributed by atoms with Crippen molar-refractivity contribution in [2.45, 2.75) is 51.1 Å². The Hall–Kier alpha value is -3.68. The number of halogens is 1. The maximum atomic E-state index is 13.7. The van der Waals surface area contributed by atoms with Crippen molar-refractivity contribution in [2.24, 2.45) is 11.8 Å². The fraction of sp³-hybridized carbons (Fsp3) is 0.432. The van der Waals surface area contributed by atoms with E-state index in [1.165, 1.54) is 16.7 Å². The summed E-state index contributed by atoms with van der Waals surface area (Å²) >= 11 is 0. The Kier molecular flexibility index (Phi) is 9.63. The van der Waals surface area contributed by atoms with E-state index in [0.29, 0.717) is 25.0 Å². The number of aryl methyl sites for hydroxylation is 1. The molecule has 1 aliphatic carbocycles. The molecule has 1 saturated heterocycles. The molecule has 2 unspecified atom stereocenters. The van der Waals surface area contributed by atoms with Crippen molar-refractivity contribution in [3.63, 3.8) is 0 Å². The fourth-order valence-corrected chi connectivity index (χ4v) is 7.14. The molecule has 2 atom stereocenters. The first kappa shape index (κ1) is 30.4. The Morgan fingerprint density at radius 2 is 1.55 bits per heavy atom. The number of nitrogens with one attached hydrogen (secondary N) is 1. The van der Waals surface area contributed by atoms with Crippen LogP contribution in [0.3, 0.4) is 0 Å². The Morgan fingerprint density at radius 3 is 2.23 bits per heavy atom. The van der Waals surface area contributed by atoms with Gasteiger partial charge >= 0.3 is 0 Å². The molecule has 4 aromatic rings. The van der Waals surface area contributed by atoms with Gasteiger partial charge in [-0.2, -0.15) is 0 Å². The molecule has 6 rings (SSSR count). The van der Waals surface area contributed by atoms with Gasteiger partial charge in [0.2, 0.25) is 11.8 Å². The van der Waals surface area contributed by atoms with Gasteiger partial charge in [-0.25, -0.2) is 9.37 Å². The third-order valence-corrected chi connectivity index (χ3v) is 9.43. The van der Waals surface area contributed by atoms with Crippen LogP contribution >= 0.6 is 0 Å². The number of aromatic nitrogens is 1. The van der Waals surface area contributed by atoms with Gasteiger partial charge in [0.25, 0.3) is 0 Å². The van der Waals surface area contributed by atoms with Crippen LogP contribution in [0, 0.1) is 24.6 Å². The second kappa shape index (κ2) is 14.0. The molecule has 2 heterocycles.